The highest BCUT2D eigenvalue weighted by molar-refractivity contribution is 6.35. The number of aromatic nitrogens is 2. The molecular formula is C18H15Cl2N5O. The van der Waals surface area contributed by atoms with Gasteiger partial charge in [-0.15, -0.1) is 0 Å². The minimum atomic E-state index is -0.129. The van der Waals surface area contributed by atoms with Crippen LogP contribution in [0.5, 0.6) is 0 Å². The van der Waals surface area contributed by atoms with Gasteiger partial charge >= 0.3 is 0 Å². The van der Waals surface area contributed by atoms with Crippen LogP contribution >= 0.6 is 23.2 Å². The lowest BCUT2D eigenvalue weighted by Gasteiger charge is -2.10. The van der Waals surface area contributed by atoms with E-state index in [-0.39, 0.29) is 5.91 Å². The zero-order valence-electron chi connectivity index (χ0n) is 13.8. The van der Waals surface area contributed by atoms with Crippen LogP contribution in [-0.4, -0.2) is 15.9 Å². The molecule has 0 radical (unpaired) electrons. The molecule has 0 spiro atoms. The van der Waals surface area contributed by atoms with Gasteiger partial charge in [0.05, 0.1) is 0 Å². The summed E-state index contributed by atoms with van der Waals surface area (Å²) >= 11 is 12.0. The highest BCUT2D eigenvalue weighted by Gasteiger charge is 2.04. The number of anilines is 5. The van der Waals surface area contributed by atoms with Gasteiger partial charge in [0.2, 0.25) is 11.9 Å². The lowest BCUT2D eigenvalue weighted by molar-refractivity contribution is -0.114. The molecule has 0 fully saturated rings. The average Bonchev–Trinajstić information content (AvgIpc) is 2.54. The molecule has 6 nitrogen and oxygen atoms in total. The van der Waals surface area contributed by atoms with Crippen molar-refractivity contribution in [3.8, 4) is 0 Å². The number of carbonyl (C=O) groups excluding carboxylic acids is 1. The molecule has 0 saturated carbocycles. The molecule has 0 bridgehead atoms. The van der Waals surface area contributed by atoms with Gasteiger partial charge in [-0.3, -0.25) is 4.79 Å². The van der Waals surface area contributed by atoms with Crippen LogP contribution in [0.2, 0.25) is 10.0 Å². The normalized spacial score (nSPS) is 10.3. The Balaban J connectivity index is 1.76. The fourth-order valence-electron chi connectivity index (χ4n) is 2.27. The van der Waals surface area contributed by atoms with Crippen molar-refractivity contribution in [2.45, 2.75) is 6.92 Å². The lowest BCUT2D eigenvalue weighted by atomic mass is 10.2. The molecule has 1 amide bonds. The van der Waals surface area contributed by atoms with E-state index in [1.54, 1.807) is 30.5 Å². The van der Waals surface area contributed by atoms with Crippen LogP contribution in [0.25, 0.3) is 0 Å². The first-order chi connectivity index (χ1) is 12.5. The number of hydrogen-bond acceptors (Lipinski definition) is 5. The predicted molar refractivity (Wildman–Crippen MR) is 106 cm³/mol. The second-order valence-electron chi connectivity index (χ2n) is 5.44. The van der Waals surface area contributed by atoms with Crippen molar-refractivity contribution < 1.29 is 4.79 Å². The quantitative estimate of drug-likeness (QED) is 0.558. The maximum absolute atomic E-state index is 11.2. The zero-order chi connectivity index (χ0) is 18.5. The fourth-order valence-corrected chi connectivity index (χ4v) is 2.80. The first kappa shape index (κ1) is 18.0. The highest BCUT2D eigenvalue weighted by Crippen LogP contribution is 2.25. The minimum absolute atomic E-state index is 0.129. The molecule has 0 aliphatic rings. The van der Waals surface area contributed by atoms with Crippen LogP contribution < -0.4 is 16.0 Å². The number of hydrogen-bond donors (Lipinski definition) is 3. The number of rotatable bonds is 5. The van der Waals surface area contributed by atoms with Crippen LogP contribution in [0.1, 0.15) is 6.92 Å². The molecular weight excluding hydrogens is 373 g/mol. The van der Waals surface area contributed by atoms with Gasteiger partial charge in [0, 0.05) is 40.2 Å². The molecule has 1 heterocycles. The summed E-state index contributed by atoms with van der Waals surface area (Å²) in [4.78, 5) is 19.8. The standard InChI is InChI=1S/C18H15Cl2N5O/c1-11(26)22-14-3-2-4-15(10-14)23-17-5-6-21-18(25-17)24-16-8-12(19)7-13(20)9-16/h2-10H,1H3,(H,22,26)(H2,21,23,24,25). The van der Waals surface area contributed by atoms with E-state index in [1.165, 1.54) is 6.92 Å². The molecule has 0 aliphatic carbocycles. The maximum Gasteiger partial charge on any atom is 0.229 e. The molecule has 1 aromatic heterocycles. The Bertz CT molecular complexity index is 928. The van der Waals surface area contributed by atoms with Crippen LogP contribution in [0.3, 0.4) is 0 Å². The summed E-state index contributed by atoms with van der Waals surface area (Å²) < 4.78 is 0. The summed E-state index contributed by atoms with van der Waals surface area (Å²) in [6.45, 7) is 1.46. The van der Waals surface area contributed by atoms with Gasteiger partial charge in [0.1, 0.15) is 5.82 Å². The molecule has 3 aromatic rings. The van der Waals surface area contributed by atoms with Gasteiger partial charge in [-0.25, -0.2) is 4.98 Å². The number of nitrogens with one attached hydrogen (secondary N) is 3. The molecule has 0 aliphatic heterocycles. The monoisotopic (exact) mass is 387 g/mol. The SMILES string of the molecule is CC(=O)Nc1cccc(Nc2ccnc(Nc3cc(Cl)cc(Cl)c3)n2)c1. The van der Waals surface area contributed by atoms with Crippen molar-refractivity contribution in [1.29, 1.82) is 0 Å². The summed E-state index contributed by atoms with van der Waals surface area (Å²) in [6.07, 6.45) is 1.63. The summed E-state index contributed by atoms with van der Waals surface area (Å²) in [5.74, 6) is 0.859. The van der Waals surface area contributed by atoms with Gasteiger partial charge in [0.15, 0.2) is 0 Å². The Morgan fingerprint density at radius 3 is 2.38 bits per heavy atom. The molecule has 0 unspecified atom stereocenters. The second-order valence-corrected chi connectivity index (χ2v) is 6.31. The Morgan fingerprint density at radius 2 is 1.65 bits per heavy atom. The third kappa shape index (κ3) is 5.08. The van der Waals surface area contributed by atoms with E-state index in [0.717, 1.165) is 5.69 Å². The van der Waals surface area contributed by atoms with Crippen molar-refractivity contribution in [2.24, 2.45) is 0 Å². The molecule has 132 valence electrons. The summed E-state index contributed by atoms with van der Waals surface area (Å²) in [5.41, 5.74) is 2.17. The zero-order valence-corrected chi connectivity index (χ0v) is 15.3. The van der Waals surface area contributed by atoms with Gasteiger partial charge in [-0.1, -0.05) is 29.3 Å². The van der Waals surface area contributed by atoms with Crippen molar-refractivity contribution in [2.75, 3.05) is 16.0 Å². The minimum Gasteiger partial charge on any atom is -0.340 e. The third-order valence-electron chi connectivity index (χ3n) is 3.23. The van der Waals surface area contributed by atoms with Gasteiger partial charge in [0.25, 0.3) is 0 Å². The number of carbonyl (C=O) groups is 1. The van der Waals surface area contributed by atoms with E-state index in [9.17, 15) is 4.79 Å². The number of nitrogens with zero attached hydrogens (tertiary/aromatic N) is 2. The van der Waals surface area contributed by atoms with E-state index >= 15 is 0 Å². The Hall–Kier alpha value is -2.83. The Kier molecular flexibility index (Phi) is 5.55. The van der Waals surface area contributed by atoms with E-state index < -0.39 is 0 Å². The average molecular weight is 388 g/mol. The van der Waals surface area contributed by atoms with Crippen LogP contribution in [0.4, 0.5) is 28.8 Å². The van der Waals surface area contributed by atoms with Crippen molar-refractivity contribution in [3.63, 3.8) is 0 Å². The smallest absolute Gasteiger partial charge is 0.229 e. The molecule has 2 aromatic carbocycles. The topological polar surface area (TPSA) is 78.9 Å². The van der Waals surface area contributed by atoms with Crippen molar-refractivity contribution in [3.05, 3.63) is 64.8 Å². The molecule has 0 atom stereocenters. The Morgan fingerprint density at radius 1 is 0.923 bits per heavy atom. The summed E-state index contributed by atoms with van der Waals surface area (Å²) in [6, 6.07) is 14.2. The van der Waals surface area contributed by atoms with E-state index in [1.807, 2.05) is 24.3 Å². The Labute approximate surface area is 160 Å². The van der Waals surface area contributed by atoms with E-state index in [2.05, 4.69) is 25.9 Å². The predicted octanol–water partition coefficient (Wildman–Crippen LogP) is 5.23. The van der Waals surface area contributed by atoms with Crippen LogP contribution in [-0.2, 0) is 4.79 Å². The van der Waals surface area contributed by atoms with Gasteiger partial charge in [-0.05, 0) is 42.5 Å². The molecule has 8 heteroatoms. The van der Waals surface area contributed by atoms with Crippen molar-refractivity contribution >= 4 is 57.9 Å². The number of halogens is 2. The third-order valence-corrected chi connectivity index (χ3v) is 3.67. The van der Waals surface area contributed by atoms with Gasteiger partial charge < -0.3 is 16.0 Å². The van der Waals surface area contributed by atoms with Crippen LogP contribution in [0.15, 0.2) is 54.7 Å². The first-order valence-corrected chi connectivity index (χ1v) is 8.44. The number of amides is 1. The molecule has 0 saturated heterocycles. The van der Waals surface area contributed by atoms with Crippen molar-refractivity contribution in [1.82, 2.24) is 9.97 Å². The van der Waals surface area contributed by atoms with E-state index in [4.69, 9.17) is 23.2 Å². The van der Waals surface area contributed by atoms with E-state index in [0.29, 0.717) is 33.2 Å². The highest BCUT2D eigenvalue weighted by atomic mass is 35.5. The first-order valence-electron chi connectivity index (χ1n) is 7.69. The number of benzene rings is 2. The maximum atomic E-state index is 11.2. The lowest BCUT2D eigenvalue weighted by Crippen LogP contribution is -2.06. The largest absolute Gasteiger partial charge is 0.340 e. The molecule has 26 heavy (non-hydrogen) atoms. The second kappa shape index (κ2) is 8.03. The molecule has 3 rings (SSSR count). The van der Waals surface area contributed by atoms with Crippen LogP contribution in [0, 0.1) is 0 Å². The molecule has 3 N–H and O–H groups in total. The summed E-state index contributed by atoms with van der Waals surface area (Å²) in [7, 11) is 0. The van der Waals surface area contributed by atoms with Gasteiger partial charge in [-0.2, -0.15) is 4.98 Å². The fraction of sp³-hybridized carbons (Fsp3) is 0.0556. The summed E-state index contributed by atoms with van der Waals surface area (Å²) in [5, 5.41) is 10.0.